The van der Waals surface area contributed by atoms with Crippen molar-refractivity contribution in [2.45, 2.75) is 29.1 Å². The fourth-order valence-electron chi connectivity index (χ4n) is 2.32. The number of rotatable bonds is 5. The van der Waals surface area contributed by atoms with Gasteiger partial charge in [-0.15, -0.1) is 11.8 Å². The fourth-order valence-corrected chi connectivity index (χ4v) is 3.48. The number of aromatic nitrogens is 3. The molecule has 2 aromatic heterocycles. The van der Waals surface area contributed by atoms with Crippen molar-refractivity contribution in [1.29, 1.82) is 0 Å². The number of nitrogens with zero attached hydrogens (tertiary/aromatic N) is 2. The lowest BCUT2D eigenvalue weighted by atomic mass is 10.1. The molecule has 118 valence electrons. The molecule has 0 fully saturated rings. The summed E-state index contributed by atoms with van der Waals surface area (Å²) in [5.41, 5.74) is 4.27. The van der Waals surface area contributed by atoms with Crippen LogP contribution in [0.4, 0.5) is 0 Å². The Morgan fingerprint density at radius 3 is 2.26 bits per heavy atom. The molecule has 0 bridgehead atoms. The summed E-state index contributed by atoms with van der Waals surface area (Å²) in [4.78, 5) is 13.7. The first-order valence-electron chi connectivity index (χ1n) is 7.49. The summed E-state index contributed by atoms with van der Waals surface area (Å²) in [5, 5.41) is 1.44. The Labute approximate surface area is 145 Å². The van der Waals surface area contributed by atoms with Gasteiger partial charge in [0, 0.05) is 33.7 Å². The highest BCUT2D eigenvalue weighted by Crippen LogP contribution is 2.34. The van der Waals surface area contributed by atoms with E-state index in [0.717, 1.165) is 27.7 Å². The van der Waals surface area contributed by atoms with Gasteiger partial charge in [-0.25, -0.2) is 4.98 Å². The third-order valence-corrected chi connectivity index (χ3v) is 4.99. The second kappa shape index (κ2) is 7.23. The van der Waals surface area contributed by atoms with E-state index in [1.54, 1.807) is 23.5 Å². The summed E-state index contributed by atoms with van der Waals surface area (Å²) in [6, 6.07) is 12.6. The fraction of sp³-hybridized carbons (Fsp3) is 0.222. The van der Waals surface area contributed by atoms with E-state index in [9.17, 15) is 0 Å². The first-order chi connectivity index (χ1) is 11.2. The monoisotopic (exact) mass is 341 g/mol. The van der Waals surface area contributed by atoms with Gasteiger partial charge in [0.1, 0.15) is 0 Å². The Morgan fingerprint density at radius 1 is 0.957 bits per heavy atom. The normalized spacial score (nSPS) is 11.1. The SMILES string of the molecule is CSc1ccc(-c2nc(SC(C)C)[nH]c2-c2ccncc2)cc1. The third kappa shape index (κ3) is 3.79. The minimum Gasteiger partial charge on any atom is -0.332 e. The van der Waals surface area contributed by atoms with Gasteiger partial charge in [-0.05, 0) is 30.5 Å². The Bertz CT molecular complexity index is 765. The topological polar surface area (TPSA) is 41.6 Å². The molecule has 1 aromatic carbocycles. The van der Waals surface area contributed by atoms with Crippen LogP contribution in [0.1, 0.15) is 13.8 Å². The molecule has 3 aromatic rings. The average Bonchev–Trinajstić information content (AvgIpc) is 2.99. The molecule has 2 heterocycles. The molecule has 0 atom stereocenters. The maximum Gasteiger partial charge on any atom is 0.166 e. The van der Waals surface area contributed by atoms with E-state index >= 15 is 0 Å². The number of aromatic amines is 1. The highest BCUT2D eigenvalue weighted by Gasteiger charge is 2.15. The minimum absolute atomic E-state index is 0.484. The molecule has 0 aliphatic rings. The highest BCUT2D eigenvalue weighted by molar-refractivity contribution is 7.99. The van der Waals surface area contributed by atoms with Gasteiger partial charge in [0.05, 0.1) is 11.4 Å². The molecule has 1 N–H and O–H groups in total. The molecule has 0 aliphatic carbocycles. The van der Waals surface area contributed by atoms with Gasteiger partial charge in [-0.2, -0.15) is 0 Å². The molecule has 23 heavy (non-hydrogen) atoms. The van der Waals surface area contributed by atoms with Crippen LogP contribution in [0.3, 0.4) is 0 Å². The van der Waals surface area contributed by atoms with Crippen LogP contribution in [0.25, 0.3) is 22.5 Å². The van der Waals surface area contributed by atoms with E-state index in [1.807, 2.05) is 24.5 Å². The van der Waals surface area contributed by atoms with E-state index in [-0.39, 0.29) is 0 Å². The summed E-state index contributed by atoms with van der Waals surface area (Å²) < 4.78 is 0. The number of nitrogens with one attached hydrogen (secondary N) is 1. The summed E-state index contributed by atoms with van der Waals surface area (Å²) in [5.74, 6) is 0. The van der Waals surface area contributed by atoms with Crippen molar-refractivity contribution in [2.75, 3.05) is 6.26 Å². The smallest absolute Gasteiger partial charge is 0.166 e. The van der Waals surface area contributed by atoms with Gasteiger partial charge in [-0.1, -0.05) is 37.7 Å². The van der Waals surface area contributed by atoms with Gasteiger partial charge < -0.3 is 4.98 Å². The van der Waals surface area contributed by atoms with Gasteiger partial charge in [0.15, 0.2) is 5.16 Å². The lowest BCUT2D eigenvalue weighted by molar-refractivity contribution is 1.03. The molecule has 0 amide bonds. The second-order valence-corrected chi connectivity index (χ2v) is 7.84. The van der Waals surface area contributed by atoms with Crippen molar-refractivity contribution >= 4 is 23.5 Å². The molecule has 0 radical (unpaired) electrons. The van der Waals surface area contributed by atoms with Crippen LogP contribution in [0.2, 0.25) is 0 Å². The van der Waals surface area contributed by atoms with Crippen LogP contribution >= 0.6 is 23.5 Å². The number of thioether (sulfide) groups is 2. The van der Waals surface area contributed by atoms with E-state index in [2.05, 4.69) is 54.3 Å². The predicted octanol–water partition coefficient (Wildman–Crippen LogP) is 5.36. The zero-order valence-corrected chi connectivity index (χ0v) is 15.0. The molecular weight excluding hydrogens is 322 g/mol. The van der Waals surface area contributed by atoms with Gasteiger partial charge in [0.25, 0.3) is 0 Å². The van der Waals surface area contributed by atoms with E-state index in [0.29, 0.717) is 5.25 Å². The minimum atomic E-state index is 0.484. The number of H-pyrrole nitrogens is 1. The lowest BCUT2D eigenvalue weighted by Gasteiger charge is -2.03. The molecule has 0 saturated heterocycles. The van der Waals surface area contributed by atoms with E-state index < -0.39 is 0 Å². The van der Waals surface area contributed by atoms with Crippen molar-refractivity contribution in [1.82, 2.24) is 15.0 Å². The number of imidazole rings is 1. The zero-order chi connectivity index (χ0) is 16.2. The molecule has 5 heteroatoms. The number of hydrogen-bond donors (Lipinski definition) is 1. The van der Waals surface area contributed by atoms with Crippen molar-refractivity contribution < 1.29 is 0 Å². The third-order valence-electron chi connectivity index (χ3n) is 3.36. The molecule has 0 unspecified atom stereocenters. The number of benzene rings is 1. The second-order valence-electron chi connectivity index (χ2n) is 5.40. The van der Waals surface area contributed by atoms with Crippen molar-refractivity contribution in [3.8, 4) is 22.5 Å². The maximum atomic E-state index is 4.83. The standard InChI is InChI=1S/C18H19N3S2/c1-12(2)23-18-20-16(13-4-6-15(22-3)7-5-13)17(21-18)14-8-10-19-11-9-14/h4-12H,1-3H3,(H,20,21). The van der Waals surface area contributed by atoms with Crippen molar-refractivity contribution in [3.05, 3.63) is 48.8 Å². The Balaban J connectivity index is 2.07. The van der Waals surface area contributed by atoms with Gasteiger partial charge in [-0.3, -0.25) is 4.98 Å². The van der Waals surface area contributed by atoms with Crippen LogP contribution in [-0.2, 0) is 0 Å². The van der Waals surface area contributed by atoms with Crippen molar-refractivity contribution in [2.24, 2.45) is 0 Å². The molecule has 3 nitrogen and oxygen atoms in total. The van der Waals surface area contributed by atoms with Crippen molar-refractivity contribution in [3.63, 3.8) is 0 Å². The van der Waals surface area contributed by atoms with E-state index in [4.69, 9.17) is 4.98 Å². The Kier molecular flexibility index (Phi) is 5.08. The first kappa shape index (κ1) is 16.1. The van der Waals surface area contributed by atoms with E-state index in [1.165, 1.54) is 4.90 Å². The molecule has 0 aliphatic heterocycles. The molecule has 0 saturated carbocycles. The van der Waals surface area contributed by atoms with Gasteiger partial charge in [0.2, 0.25) is 0 Å². The Hall–Kier alpha value is -1.72. The summed E-state index contributed by atoms with van der Waals surface area (Å²) in [6.07, 6.45) is 5.71. The summed E-state index contributed by atoms with van der Waals surface area (Å²) in [7, 11) is 0. The highest BCUT2D eigenvalue weighted by atomic mass is 32.2. The summed E-state index contributed by atoms with van der Waals surface area (Å²) >= 11 is 3.49. The quantitative estimate of drug-likeness (QED) is 0.634. The molecular formula is C18H19N3S2. The Morgan fingerprint density at radius 2 is 1.65 bits per heavy atom. The first-order valence-corrected chi connectivity index (χ1v) is 9.59. The number of hydrogen-bond acceptors (Lipinski definition) is 4. The van der Waals surface area contributed by atoms with Crippen LogP contribution in [0.5, 0.6) is 0 Å². The average molecular weight is 342 g/mol. The van der Waals surface area contributed by atoms with Gasteiger partial charge >= 0.3 is 0 Å². The largest absolute Gasteiger partial charge is 0.332 e. The van der Waals surface area contributed by atoms with Crippen LogP contribution in [-0.4, -0.2) is 26.5 Å². The molecule has 3 rings (SSSR count). The lowest BCUT2D eigenvalue weighted by Crippen LogP contribution is -1.87. The van der Waals surface area contributed by atoms with Crippen LogP contribution in [0, 0.1) is 0 Å². The molecule has 0 spiro atoms. The predicted molar refractivity (Wildman–Crippen MR) is 100 cm³/mol. The van der Waals surface area contributed by atoms with Crippen LogP contribution < -0.4 is 0 Å². The van der Waals surface area contributed by atoms with Crippen LogP contribution in [0.15, 0.2) is 58.8 Å². The maximum absolute atomic E-state index is 4.83. The zero-order valence-electron chi connectivity index (χ0n) is 13.4. The number of pyridine rings is 1. The summed E-state index contributed by atoms with van der Waals surface area (Å²) in [6.45, 7) is 4.35.